The summed E-state index contributed by atoms with van der Waals surface area (Å²) in [5, 5.41) is 10.7. The van der Waals surface area contributed by atoms with E-state index < -0.39 is 24.6 Å². The van der Waals surface area contributed by atoms with Gasteiger partial charge >= 0.3 is 11.9 Å². The van der Waals surface area contributed by atoms with Gasteiger partial charge in [-0.3, -0.25) is 9.36 Å². The molecule has 1 aliphatic rings. The van der Waals surface area contributed by atoms with Gasteiger partial charge in [0.1, 0.15) is 11.8 Å². The summed E-state index contributed by atoms with van der Waals surface area (Å²) in [5.74, 6) is -1.16. The van der Waals surface area contributed by atoms with Gasteiger partial charge in [-0.1, -0.05) is 59.9 Å². The quantitative estimate of drug-likeness (QED) is 0.339. The van der Waals surface area contributed by atoms with Crippen LogP contribution in [0.2, 0.25) is 0 Å². The molecule has 4 aromatic rings. The second-order valence-corrected chi connectivity index (χ2v) is 10.2. The number of thiazole rings is 1. The highest BCUT2D eigenvalue weighted by Crippen LogP contribution is 2.36. The predicted octanol–water partition coefficient (Wildman–Crippen LogP) is 3.46. The Kier molecular flexibility index (Phi) is 7.34. The maximum absolute atomic E-state index is 13.8. The van der Waals surface area contributed by atoms with E-state index in [1.54, 1.807) is 41.8 Å². The third-order valence-corrected chi connectivity index (χ3v) is 7.63. The minimum Gasteiger partial charge on any atom is -0.482 e. The SMILES string of the molecule is CCOC(=O)C1=C(c2ccccc2)N=c2s/c(=C\c3ccc(OCC(=O)O)cc3)c(=O)n2[C@@H]1c1cccs1. The molecule has 0 amide bonds. The minimum absolute atomic E-state index is 0.193. The summed E-state index contributed by atoms with van der Waals surface area (Å²) in [7, 11) is 0. The molecule has 0 bridgehead atoms. The summed E-state index contributed by atoms with van der Waals surface area (Å²) in [6.07, 6.45) is 1.74. The van der Waals surface area contributed by atoms with Crippen LogP contribution in [0.4, 0.5) is 0 Å². The van der Waals surface area contributed by atoms with Crippen molar-refractivity contribution >= 4 is 46.4 Å². The highest BCUT2D eigenvalue weighted by molar-refractivity contribution is 7.10. The fourth-order valence-corrected chi connectivity index (χ4v) is 5.94. The second-order valence-electron chi connectivity index (χ2n) is 8.20. The number of fused-ring (bicyclic) bond motifs is 1. The number of hydrogen-bond acceptors (Lipinski definition) is 8. The fraction of sp³-hybridized carbons (Fsp3) is 0.143. The largest absolute Gasteiger partial charge is 0.482 e. The molecule has 8 nitrogen and oxygen atoms in total. The smallest absolute Gasteiger partial charge is 0.341 e. The molecule has 0 radical (unpaired) electrons. The number of nitrogens with zero attached hydrogens (tertiary/aromatic N) is 2. The predicted molar refractivity (Wildman–Crippen MR) is 145 cm³/mol. The van der Waals surface area contributed by atoms with Crippen molar-refractivity contribution in [3.05, 3.63) is 113 Å². The minimum atomic E-state index is -1.06. The Hall–Kier alpha value is -4.28. The molecule has 0 saturated heterocycles. The molecule has 0 spiro atoms. The first-order valence-electron chi connectivity index (χ1n) is 11.7. The number of hydrogen-bond donors (Lipinski definition) is 1. The van der Waals surface area contributed by atoms with Gasteiger partial charge in [-0.15, -0.1) is 11.3 Å². The van der Waals surface area contributed by atoms with Gasteiger partial charge in [0.05, 0.1) is 22.4 Å². The highest BCUT2D eigenvalue weighted by Gasteiger charge is 2.35. The summed E-state index contributed by atoms with van der Waals surface area (Å²) >= 11 is 2.69. The van der Waals surface area contributed by atoms with Crippen molar-refractivity contribution in [1.82, 2.24) is 4.57 Å². The third kappa shape index (κ3) is 5.09. The van der Waals surface area contributed by atoms with Crippen LogP contribution in [-0.4, -0.2) is 34.8 Å². The van der Waals surface area contributed by atoms with E-state index in [4.69, 9.17) is 19.6 Å². The Morgan fingerprint density at radius 1 is 1.08 bits per heavy atom. The van der Waals surface area contributed by atoms with Crippen molar-refractivity contribution in [2.45, 2.75) is 13.0 Å². The molecule has 1 aliphatic heterocycles. The first-order chi connectivity index (χ1) is 18.5. The Balaban J connectivity index is 1.67. The van der Waals surface area contributed by atoms with Crippen molar-refractivity contribution < 1.29 is 24.2 Å². The lowest BCUT2D eigenvalue weighted by Crippen LogP contribution is -2.39. The van der Waals surface area contributed by atoms with Gasteiger partial charge in [-0.2, -0.15) is 0 Å². The van der Waals surface area contributed by atoms with E-state index in [0.717, 1.165) is 16.0 Å². The number of carboxylic acids is 1. The van der Waals surface area contributed by atoms with Crippen LogP contribution in [0.15, 0.2) is 87.5 Å². The van der Waals surface area contributed by atoms with Crippen LogP contribution in [0.25, 0.3) is 11.8 Å². The van der Waals surface area contributed by atoms with Crippen LogP contribution in [0, 0.1) is 0 Å². The molecule has 0 unspecified atom stereocenters. The standard InChI is InChI=1S/C28H22N2O6S2/c1-2-35-27(34)23-24(18-7-4-3-5-8-18)29-28-30(25(23)20-9-6-14-37-20)26(33)21(38-28)15-17-10-12-19(13-11-17)36-16-22(31)32/h3-15,25H,2,16H2,1H3,(H,31,32)/b21-15-/t25-/m1/s1. The number of carbonyl (C=O) groups excluding carboxylic acids is 1. The number of rotatable bonds is 8. The lowest BCUT2D eigenvalue weighted by Gasteiger charge is -2.24. The number of benzene rings is 2. The van der Waals surface area contributed by atoms with Crippen molar-refractivity contribution in [3.8, 4) is 5.75 Å². The molecule has 1 atom stereocenters. The molecule has 3 heterocycles. The zero-order valence-electron chi connectivity index (χ0n) is 20.2. The Morgan fingerprint density at radius 2 is 1.84 bits per heavy atom. The molecular weight excluding hydrogens is 524 g/mol. The summed E-state index contributed by atoms with van der Waals surface area (Å²) < 4.78 is 12.6. The second kappa shape index (κ2) is 11.0. The van der Waals surface area contributed by atoms with Gasteiger partial charge in [0.25, 0.3) is 5.56 Å². The number of aliphatic carboxylic acids is 1. The van der Waals surface area contributed by atoms with E-state index in [-0.39, 0.29) is 12.2 Å². The number of aromatic nitrogens is 1. The van der Waals surface area contributed by atoms with Crippen LogP contribution in [0.1, 0.15) is 29.0 Å². The average molecular weight is 547 g/mol. The number of esters is 1. The topological polar surface area (TPSA) is 107 Å². The van der Waals surface area contributed by atoms with E-state index in [0.29, 0.717) is 26.4 Å². The van der Waals surface area contributed by atoms with Gasteiger partial charge in [0.2, 0.25) is 0 Å². The maximum atomic E-state index is 13.8. The molecule has 0 fully saturated rings. The van der Waals surface area contributed by atoms with E-state index in [1.807, 2.05) is 47.8 Å². The molecule has 2 aromatic carbocycles. The number of carboxylic acid groups (broad SMARTS) is 1. The highest BCUT2D eigenvalue weighted by atomic mass is 32.1. The molecule has 1 N–H and O–H groups in total. The normalized spacial score (nSPS) is 15.1. The first kappa shape index (κ1) is 25.4. The van der Waals surface area contributed by atoms with Crippen molar-refractivity contribution in [3.63, 3.8) is 0 Å². The van der Waals surface area contributed by atoms with Crippen LogP contribution in [0.3, 0.4) is 0 Å². The van der Waals surface area contributed by atoms with Gasteiger partial charge in [-0.05, 0) is 42.1 Å². The molecule has 192 valence electrons. The fourth-order valence-electron chi connectivity index (χ4n) is 4.11. The monoisotopic (exact) mass is 546 g/mol. The zero-order valence-corrected chi connectivity index (χ0v) is 21.8. The van der Waals surface area contributed by atoms with Gasteiger partial charge in [0.15, 0.2) is 11.4 Å². The number of thiophene rings is 1. The Morgan fingerprint density at radius 3 is 2.50 bits per heavy atom. The van der Waals surface area contributed by atoms with Crippen molar-refractivity contribution in [2.24, 2.45) is 4.99 Å². The molecule has 0 saturated carbocycles. The third-order valence-electron chi connectivity index (χ3n) is 5.73. The van der Waals surface area contributed by atoms with E-state index in [1.165, 1.54) is 22.7 Å². The Bertz CT molecular complexity index is 1680. The van der Waals surface area contributed by atoms with E-state index in [2.05, 4.69) is 0 Å². The maximum Gasteiger partial charge on any atom is 0.341 e. The van der Waals surface area contributed by atoms with E-state index >= 15 is 0 Å². The summed E-state index contributed by atoms with van der Waals surface area (Å²) in [6.45, 7) is 1.50. The van der Waals surface area contributed by atoms with Crippen LogP contribution < -0.4 is 19.6 Å². The summed E-state index contributed by atoms with van der Waals surface area (Å²) in [5.41, 5.74) is 2.02. The average Bonchev–Trinajstić information content (AvgIpc) is 3.56. The van der Waals surface area contributed by atoms with Gasteiger partial charge in [0, 0.05) is 10.4 Å². The van der Waals surface area contributed by atoms with Crippen molar-refractivity contribution in [1.29, 1.82) is 0 Å². The summed E-state index contributed by atoms with van der Waals surface area (Å²) in [4.78, 5) is 43.9. The Labute approximate surface area is 225 Å². The number of carbonyl (C=O) groups is 2. The van der Waals surface area contributed by atoms with Gasteiger partial charge in [-0.25, -0.2) is 14.6 Å². The van der Waals surface area contributed by atoms with Crippen LogP contribution in [0.5, 0.6) is 5.75 Å². The molecule has 0 aliphatic carbocycles. The van der Waals surface area contributed by atoms with Gasteiger partial charge < -0.3 is 14.6 Å². The van der Waals surface area contributed by atoms with Crippen LogP contribution in [-0.2, 0) is 14.3 Å². The van der Waals surface area contributed by atoms with E-state index in [9.17, 15) is 14.4 Å². The molecule has 10 heteroatoms. The zero-order chi connectivity index (χ0) is 26.6. The molecular formula is C28H22N2O6S2. The first-order valence-corrected chi connectivity index (χ1v) is 13.4. The lowest BCUT2D eigenvalue weighted by atomic mass is 9.97. The van der Waals surface area contributed by atoms with Crippen LogP contribution >= 0.6 is 22.7 Å². The van der Waals surface area contributed by atoms with Crippen molar-refractivity contribution in [2.75, 3.05) is 13.2 Å². The molecule has 2 aromatic heterocycles. The number of ether oxygens (including phenoxy) is 2. The summed E-state index contributed by atoms with van der Waals surface area (Å²) in [6, 6.07) is 19.3. The lowest BCUT2D eigenvalue weighted by molar-refractivity contribution is -0.140. The molecule has 38 heavy (non-hydrogen) atoms. The molecule has 5 rings (SSSR count).